The Balaban J connectivity index is 2.07. The van der Waals surface area contributed by atoms with Crippen LogP contribution in [0.15, 0.2) is 52.6 Å². The van der Waals surface area contributed by atoms with Crippen molar-refractivity contribution in [3.8, 4) is 5.69 Å². The summed E-state index contributed by atoms with van der Waals surface area (Å²) >= 11 is 1.31. The summed E-state index contributed by atoms with van der Waals surface area (Å²) in [5, 5.41) is 15.5. The zero-order chi connectivity index (χ0) is 20.3. The first kappa shape index (κ1) is 20.3. The SMILES string of the molecule is Cc1c(C(=O)c2cccs2)c(=O)n(-c2ccccc2)n1C[C@H](O)CNC(C)C. The maximum absolute atomic E-state index is 13.2. The molecule has 0 saturated heterocycles. The number of carbonyl (C=O) groups excluding carboxylic acids is 1. The van der Waals surface area contributed by atoms with Gasteiger partial charge in [-0.3, -0.25) is 14.3 Å². The topological polar surface area (TPSA) is 76.3 Å². The van der Waals surface area contributed by atoms with Gasteiger partial charge in [-0.2, -0.15) is 0 Å². The highest BCUT2D eigenvalue weighted by Crippen LogP contribution is 2.18. The predicted octanol–water partition coefficient (Wildman–Crippen LogP) is 2.60. The molecular weight excluding hydrogens is 374 g/mol. The van der Waals surface area contributed by atoms with E-state index in [0.717, 1.165) is 0 Å². The van der Waals surface area contributed by atoms with Gasteiger partial charge in [0.05, 0.1) is 23.2 Å². The molecule has 28 heavy (non-hydrogen) atoms. The molecule has 6 nitrogen and oxygen atoms in total. The van der Waals surface area contributed by atoms with E-state index in [0.29, 0.717) is 22.8 Å². The lowest BCUT2D eigenvalue weighted by molar-refractivity contribution is 0.104. The minimum Gasteiger partial charge on any atom is -0.390 e. The van der Waals surface area contributed by atoms with Crippen LogP contribution in [0.3, 0.4) is 0 Å². The van der Waals surface area contributed by atoms with Crippen LogP contribution in [0.5, 0.6) is 0 Å². The van der Waals surface area contributed by atoms with Crippen molar-refractivity contribution in [1.82, 2.24) is 14.7 Å². The molecule has 2 heterocycles. The zero-order valence-corrected chi connectivity index (χ0v) is 17.1. The Morgan fingerprint density at radius 1 is 1.18 bits per heavy atom. The van der Waals surface area contributed by atoms with E-state index in [1.165, 1.54) is 16.0 Å². The summed E-state index contributed by atoms with van der Waals surface area (Å²) in [5.74, 6) is -0.282. The molecule has 2 aromatic heterocycles. The summed E-state index contributed by atoms with van der Waals surface area (Å²) in [7, 11) is 0. The van der Waals surface area contributed by atoms with Crippen LogP contribution < -0.4 is 10.9 Å². The normalized spacial score (nSPS) is 12.5. The van der Waals surface area contributed by atoms with Crippen molar-refractivity contribution < 1.29 is 9.90 Å². The van der Waals surface area contributed by atoms with Crippen LogP contribution >= 0.6 is 11.3 Å². The number of nitrogens with one attached hydrogen (secondary N) is 1. The molecule has 0 aliphatic carbocycles. The van der Waals surface area contributed by atoms with Crippen molar-refractivity contribution in [1.29, 1.82) is 0 Å². The number of aromatic nitrogens is 2. The third-order valence-corrected chi connectivity index (χ3v) is 5.38. The third-order valence-electron chi connectivity index (χ3n) is 4.51. The number of hydrogen-bond acceptors (Lipinski definition) is 5. The predicted molar refractivity (Wildman–Crippen MR) is 112 cm³/mol. The van der Waals surface area contributed by atoms with E-state index in [-0.39, 0.29) is 29.5 Å². The van der Waals surface area contributed by atoms with Crippen LogP contribution in [0.4, 0.5) is 0 Å². The number of aliphatic hydroxyl groups excluding tert-OH is 1. The molecule has 0 bridgehead atoms. The molecule has 1 atom stereocenters. The molecule has 0 aliphatic heterocycles. The van der Waals surface area contributed by atoms with E-state index in [9.17, 15) is 14.7 Å². The second-order valence-corrected chi connectivity index (χ2v) is 7.97. The summed E-state index contributed by atoms with van der Waals surface area (Å²) in [4.78, 5) is 26.7. The molecular formula is C21H25N3O3S. The number of para-hydroxylation sites is 1. The quantitative estimate of drug-likeness (QED) is 0.571. The van der Waals surface area contributed by atoms with Gasteiger partial charge in [-0.15, -0.1) is 11.3 Å². The average molecular weight is 400 g/mol. The molecule has 0 spiro atoms. The smallest absolute Gasteiger partial charge is 0.282 e. The molecule has 3 aromatic rings. The van der Waals surface area contributed by atoms with Crippen molar-refractivity contribution in [2.45, 2.75) is 39.5 Å². The molecule has 0 aliphatic rings. The first-order valence-corrected chi connectivity index (χ1v) is 10.2. The monoisotopic (exact) mass is 399 g/mol. The Kier molecular flexibility index (Phi) is 6.28. The molecule has 2 N–H and O–H groups in total. The van der Waals surface area contributed by atoms with Gasteiger partial charge in [-0.1, -0.05) is 38.1 Å². The third kappa shape index (κ3) is 4.16. The van der Waals surface area contributed by atoms with E-state index in [1.807, 2.05) is 49.6 Å². The summed E-state index contributed by atoms with van der Waals surface area (Å²) in [6.07, 6.45) is -0.701. The Bertz CT molecular complexity index is 988. The molecule has 0 radical (unpaired) electrons. The van der Waals surface area contributed by atoms with Crippen LogP contribution in [0.25, 0.3) is 5.69 Å². The Morgan fingerprint density at radius 3 is 2.50 bits per heavy atom. The van der Waals surface area contributed by atoms with Gasteiger partial charge < -0.3 is 10.4 Å². The van der Waals surface area contributed by atoms with Crippen molar-refractivity contribution in [3.05, 3.63) is 74.3 Å². The van der Waals surface area contributed by atoms with Crippen LogP contribution in [0.2, 0.25) is 0 Å². The van der Waals surface area contributed by atoms with Gasteiger partial charge in [0, 0.05) is 18.3 Å². The minimum atomic E-state index is -0.701. The molecule has 0 amide bonds. The second-order valence-electron chi connectivity index (χ2n) is 7.02. The summed E-state index contributed by atoms with van der Waals surface area (Å²) < 4.78 is 3.18. The minimum absolute atomic E-state index is 0.148. The van der Waals surface area contributed by atoms with E-state index in [4.69, 9.17) is 0 Å². The van der Waals surface area contributed by atoms with E-state index < -0.39 is 6.10 Å². The maximum atomic E-state index is 13.2. The van der Waals surface area contributed by atoms with Gasteiger partial charge in [0.1, 0.15) is 5.56 Å². The molecule has 0 saturated carbocycles. The Labute approximate surface area is 168 Å². The lowest BCUT2D eigenvalue weighted by Crippen LogP contribution is -2.36. The van der Waals surface area contributed by atoms with E-state index >= 15 is 0 Å². The maximum Gasteiger partial charge on any atom is 0.282 e. The number of benzene rings is 1. The number of hydrogen-bond donors (Lipinski definition) is 2. The van der Waals surface area contributed by atoms with Crippen molar-refractivity contribution >= 4 is 17.1 Å². The Hall–Kier alpha value is -2.48. The average Bonchev–Trinajstić information content (AvgIpc) is 3.28. The van der Waals surface area contributed by atoms with Crippen LogP contribution in [0, 0.1) is 6.92 Å². The van der Waals surface area contributed by atoms with Crippen molar-refractivity contribution in [3.63, 3.8) is 0 Å². The summed E-state index contributed by atoms with van der Waals surface area (Å²) in [5.41, 5.74) is 0.988. The molecule has 3 rings (SSSR count). The zero-order valence-electron chi connectivity index (χ0n) is 16.3. The highest BCUT2D eigenvalue weighted by molar-refractivity contribution is 7.12. The summed E-state index contributed by atoms with van der Waals surface area (Å²) in [6, 6.07) is 12.9. The van der Waals surface area contributed by atoms with Gasteiger partial charge >= 0.3 is 0 Å². The first-order chi connectivity index (χ1) is 13.4. The fourth-order valence-electron chi connectivity index (χ4n) is 3.12. The standard InChI is InChI=1S/C21H25N3O3S/c1-14(2)22-12-17(25)13-23-15(3)19(20(26)18-10-7-11-28-18)21(27)24(23)16-8-5-4-6-9-16/h4-11,14,17,22,25H,12-13H2,1-3H3/t17-/m1/s1. The molecule has 1 aromatic carbocycles. The molecule has 0 fully saturated rings. The number of rotatable bonds is 8. The van der Waals surface area contributed by atoms with E-state index in [1.54, 1.807) is 23.7 Å². The second kappa shape index (κ2) is 8.68. The number of carbonyl (C=O) groups is 1. The number of thiophene rings is 1. The molecule has 7 heteroatoms. The van der Waals surface area contributed by atoms with Crippen molar-refractivity contribution in [2.24, 2.45) is 0 Å². The van der Waals surface area contributed by atoms with Crippen LogP contribution in [-0.2, 0) is 6.54 Å². The largest absolute Gasteiger partial charge is 0.390 e. The summed E-state index contributed by atoms with van der Waals surface area (Å²) in [6.45, 7) is 6.36. The molecule has 148 valence electrons. The lowest BCUT2D eigenvalue weighted by atomic mass is 10.1. The fourth-order valence-corrected chi connectivity index (χ4v) is 3.79. The van der Waals surface area contributed by atoms with Gasteiger partial charge in [-0.25, -0.2) is 4.68 Å². The van der Waals surface area contributed by atoms with E-state index in [2.05, 4.69) is 5.32 Å². The highest BCUT2D eigenvalue weighted by atomic mass is 32.1. The number of ketones is 1. The lowest BCUT2D eigenvalue weighted by Gasteiger charge is -2.19. The number of aliphatic hydroxyl groups is 1. The van der Waals surface area contributed by atoms with Gasteiger partial charge in [0.25, 0.3) is 5.56 Å². The van der Waals surface area contributed by atoms with Crippen LogP contribution in [-0.4, -0.2) is 38.9 Å². The van der Waals surface area contributed by atoms with Crippen LogP contribution in [0.1, 0.15) is 34.8 Å². The van der Waals surface area contributed by atoms with Gasteiger partial charge in [0.15, 0.2) is 0 Å². The first-order valence-electron chi connectivity index (χ1n) is 9.27. The van der Waals surface area contributed by atoms with Gasteiger partial charge in [0.2, 0.25) is 5.78 Å². The molecule has 0 unspecified atom stereocenters. The number of nitrogens with zero attached hydrogens (tertiary/aromatic N) is 2. The van der Waals surface area contributed by atoms with Gasteiger partial charge in [-0.05, 0) is 30.5 Å². The van der Waals surface area contributed by atoms with Crippen molar-refractivity contribution in [2.75, 3.05) is 6.54 Å². The highest BCUT2D eigenvalue weighted by Gasteiger charge is 2.26. The Morgan fingerprint density at radius 2 is 1.89 bits per heavy atom. The fraction of sp³-hybridized carbons (Fsp3) is 0.333.